The average molecular weight is 355 g/mol. The Hall–Kier alpha value is -2.82. The van der Waals surface area contributed by atoms with Gasteiger partial charge in [-0.25, -0.2) is 9.59 Å². The van der Waals surface area contributed by atoms with Gasteiger partial charge in [0.05, 0.1) is 7.11 Å². The number of ether oxygens (including phenoxy) is 2. The predicted molar refractivity (Wildman–Crippen MR) is 100 cm³/mol. The zero-order valence-corrected chi connectivity index (χ0v) is 15.5. The second-order valence-electron chi connectivity index (χ2n) is 6.45. The number of benzene rings is 2. The first-order valence-corrected chi connectivity index (χ1v) is 8.69. The van der Waals surface area contributed by atoms with Crippen LogP contribution in [-0.2, 0) is 11.3 Å². The average Bonchev–Trinajstić information content (AvgIpc) is 2.65. The molecule has 0 saturated heterocycles. The van der Waals surface area contributed by atoms with Crippen molar-refractivity contribution in [1.82, 2.24) is 4.90 Å². The molecule has 2 rings (SSSR count). The van der Waals surface area contributed by atoms with Crippen LogP contribution in [0.15, 0.2) is 54.6 Å². The number of rotatable bonds is 7. The Kier molecular flexibility index (Phi) is 7.21. The number of methoxy groups -OCH3 is 1. The fourth-order valence-electron chi connectivity index (χ4n) is 2.45. The Balaban J connectivity index is 2.17. The summed E-state index contributed by atoms with van der Waals surface area (Å²) in [4.78, 5) is 26.3. The Morgan fingerprint density at radius 3 is 2.31 bits per heavy atom. The maximum absolute atomic E-state index is 12.7. The number of hydrogen-bond acceptors (Lipinski definition) is 4. The third kappa shape index (κ3) is 5.62. The Bertz CT molecular complexity index is 728. The van der Waals surface area contributed by atoms with Crippen LogP contribution in [0.3, 0.4) is 0 Å². The number of nitrogens with zero attached hydrogens (tertiary/aromatic N) is 1. The van der Waals surface area contributed by atoms with E-state index in [2.05, 4.69) is 13.8 Å². The highest BCUT2D eigenvalue weighted by Gasteiger charge is 2.20. The second kappa shape index (κ2) is 9.61. The number of para-hydroxylation sites is 1. The molecular formula is C21H25NO4. The van der Waals surface area contributed by atoms with Gasteiger partial charge in [0.25, 0.3) is 0 Å². The molecule has 5 nitrogen and oxygen atoms in total. The fourth-order valence-corrected chi connectivity index (χ4v) is 2.45. The third-order valence-corrected chi connectivity index (χ3v) is 3.94. The van der Waals surface area contributed by atoms with Gasteiger partial charge in [-0.2, -0.15) is 0 Å². The first-order valence-electron chi connectivity index (χ1n) is 8.69. The summed E-state index contributed by atoms with van der Waals surface area (Å²) in [5.74, 6) is 0.126. The van der Waals surface area contributed by atoms with Crippen molar-refractivity contribution in [2.75, 3.05) is 13.7 Å². The lowest BCUT2D eigenvalue weighted by Crippen LogP contribution is -2.34. The SMILES string of the molecule is COC(=O)c1ccccc1OC(=O)N(CCC(C)C)Cc1ccccc1. The van der Waals surface area contributed by atoms with Crippen LogP contribution in [0.2, 0.25) is 0 Å². The number of hydrogen-bond donors (Lipinski definition) is 0. The van der Waals surface area contributed by atoms with Gasteiger partial charge in [0, 0.05) is 13.1 Å². The molecular weight excluding hydrogens is 330 g/mol. The smallest absolute Gasteiger partial charge is 0.415 e. The minimum Gasteiger partial charge on any atom is -0.465 e. The summed E-state index contributed by atoms with van der Waals surface area (Å²) < 4.78 is 10.3. The molecule has 1 amide bonds. The van der Waals surface area contributed by atoms with Crippen molar-refractivity contribution >= 4 is 12.1 Å². The summed E-state index contributed by atoms with van der Waals surface area (Å²) in [6.45, 7) is 5.25. The lowest BCUT2D eigenvalue weighted by molar-refractivity contribution is 0.0597. The van der Waals surface area contributed by atoms with Crippen molar-refractivity contribution in [3.8, 4) is 5.75 Å². The predicted octanol–water partition coefficient (Wildman–Crippen LogP) is 4.52. The van der Waals surface area contributed by atoms with Gasteiger partial charge in [-0.15, -0.1) is 0 Å². The van der Waals surface area contributed by atoms with E-state index in [0.29, 0.717) is 19.0 Å². The van der Waals surface area contributed by atoms with Gasteiger partial charge in [-0.05, 0) is 30.0 Å². The highest BCUT2D eigenvalue weighted by molar-refractivity contribution is 5.93. The molecule has 0 bridgehead atoms. The number of carbonyl (C=O) groups excluding carboxylic acids is 2. The summed E-state index contributed by atoms with van der Waals surface area (Å²) in [5, 5.41) is 0. The Morgan fingerprint density at radius 1 is 1.00 bits per heavy atom. The normalized spacial score (nSPS) is 10.5. The van der Waals surface area contributed by atoms with Gasteiger partial charge >= 0.3 is 12.1 Å². The molecule has 2 aromatic rings. The molecule has 26 heavy (non-hydrogen) atoms. The molecule has 0 aliphatic rings. The molecule has 138 valence electrons. The molecule has 0 radical (unpaired) electrons. The maximum atomic E-state index is 12.7. The standard InChI is InChI=1S/C21H25NO4/c1-16(2)13-14-22(15-17-9-5-4-6-10-17)21(24)26-19-12-8-7-11-18(19)20(23)25-3/h4-12,16H,13-15H2,1-3H3. The van der Waals surface area contributed by atoms with E-state index in [1.54, 1.807) is 29.2 Å². The minimum atomic E-state index is -0.537. The van der Waals surface area contributed by atoms with E-state index in [-0.39, 0.29) is 11.3 Å². The van der Waals surface area contributed by atoms with Crippen molar-refractivity contribution in [2.24, 2.45) is 5.92 Å². The first kappa shape index (κ1) is 19.5. The van der Waals surface area contributed by atoms with E-state index in [0.717, 1.165) is 12.0 Å². The molecule has 0 saturated carbocycles. The van der Waals surface area contributed by atoms with Crippen molar-refractivity contribution in [3.05, 3.63) is 65.7 Å². The highest BCUT2D eigenvalue weighted by Crippen LogP contribution is 2.20. The van der Waals surface area contributed by atoms with Crippen LogP contribution < -0.4 is 4.74 Å². The highest BCUT2D eigenvalue weighted by atomic mass is 16.6. The van der Waals surface area contributed by atoms with E-state index in [9.17, 15) is 9.59 Å². The van der Waals surface area contributed by atoms with Crippen molar-refractivity contribution < 1.29 is 19.1 Å². The molecule has 0 spiro atoms. The summed E-state index contributed by atoms with van der Waals surface area (Å²) in [6.07, 6.45) is 0.381. The summed E-state index contributed by atoms with van der Waals surface area (Å²) >= 11 is 0. The molecule has 2 aromatic carbocycles. The zero-order chi connectivity index (χ0) is 18.9. The molecule has 0 atom stereocenters. The van der Waals surface area contributed by atoms with Gasteiger partial charge in [-0.3, -0.25) is 0 Å². The van der Waals surface area contributed by atoms with E-state index in [4.69, 9.17) is 9.47 Å². The summed E-state index contributed by atoms with van der Waals surface area (Å²) in [6, 6.07) is 16.3. The van der Waals surface area contributed by atoms with E-state index in [1.165, 1.54) is 7.11 Å². The van der Waals surface area contributed by atoms with Crippen LogP contribution in [0.5, 0.6) is 5.75 Å². The first-order chi connectivity index (χ1) is 12.5. The summed E-state index contributed by atoms with van der Waals surface area (Å²) in [7, 11) is 1.30. The van der Waals surface area contributed by atoms with Crippen LogP contribution >= 0.6 is 0 Å². The molecule has 5 heteroatoms. The van der Waals surface area contributed by atoms with Crippen LogP contribution in [0.25, 0.3) is 0 Å². The second-order valence-corrected chi connectivity index (χ2v) is 6.45. The number of esters is 1. The fraction of sp³-hybridized carbons (Fsp3) is 0.333. The van der Waals surface area contributed by atoms with E-state index >= 15 is 0 Å². The molecule has 0 aromatic heterocycles. The van der Waals surface area contributed by atoms with Gasteiger partial charge < -0.3 is 14.4 Å². The van der Waals surface area contributed by atoms with Crippen molar-refractivity contribution in [2.45, 2.75) is 26.8 Å². The largest absolute Gasteiger partial charge is 0.465 e. The van der Waals surface area contributed by atoms with Gasteiger partial charge in [0.2, 0.25) is 0 Å². The van der Waals surface area contributed by atoms with Crippen molar-refractivity contribution in [1.29, 1.82) is 0 Å². The maximum Gasteiger partial charge on any atom is 0.415 e. The minimum absolute atomic E-state index is 0.201. The topological polar surface area (TPSA) is 55.8 Å². The van der Waals surface area contributed by atoms with Crippen LogP contribution in [0.1, 0.15) is 36.2 Å². The van der Waals surface area contributed by atoms with Crippen LogP contribution in [0, 0.1) is 5.92 Å². The van der Waals surface area contributed by atoms with Crippen LogP contribution in [-0.4, -0.2) is 30.6 Å². The Morgan fingerprint density at radius 2 is 1.65 bits per heavy atom. The lowest BCUT2D eigenvalue weighted by atomic mass is 10.1. The van der Waals surface area contributed by atoms with Gasteiger partial charge in [-0.1, -0.05) is 56.3 Å². The Labute approximate surface area is 154 Å². The molecule has 0 aliphatic carbocycles. The monoisotopic (exact) mass is 355 g/mol. The van der Waals surface area contributed by atoms with E-state index in [1.807, 2.05) is 30.3 Å². The van der Waals surface area contributed by atoms with Gasteiger partial charge in [0.1, 0.15) is 11.3 Å². The molecule has 0 unspecified atom stereocenters. The molecule has 0 N–H and O–H groups in total. The number of carbonyl (C=O) groups is 2. The van der Waals surface area contributed by atoms with Crippen molar-refractivity contribution in [3.63, 3.8) is 0 Å². The van der Waals surface area contributed by atoms with Crippen LogP contribution in [0.4, 0.5) is 4.79 Å². The zero-order valence-electron chi connectivity index (χ0n) is 15.5. The molecule has 0 heterocycles. The van der Waals surface area contributed by atoms with E-state index < -0.39 is 12.1 Å². The summed E-state index contributed by atoms with van der Waals surface area (Å²) in [5.41, 5.74) is 1.25. The third-order valence-electron chi connectivity index (χ3n) is 3.94. The quantitative estimate of drug-likeness (QED) is 0.685. The molecule has 0 aliphatic heterocycles. The molecule has 0 fully saturated rings. The number of amides is 1. The van der Waals surface area contributed by atoms with Gasteiger partial charge in [0.15, 0.2) is 0 Å². The lowest BCUT2D eigenvalue weighted by Gasteiger charge is -2.23.